The molecule has 0 amide bonds. The van der Waals surface area contributed by atoms with Crippen molar-refractivity contribution in [3.05, 3.63) is 11.1 Å². The molecule has 3 aliphatic rings. The Labute approximate surface area is 121 Å². The zero-order valence-corrected chi connectivity index (χ0v) is 13.2. The van der Waals surface area contributed by atoms with Gasteiger partial charge in [-0.15, -0.1) is 0 Å². The number of aliphatic hydroxyl groups is 1. The van der Waals surface area contributed by atoms with E-state index in [9.17, 15) is 9.90 Å². The van der Waals surface area contributed by atoms with Crippen LogP contribution in [0, 0.1) is 29.1 Å². The summed E-state index contributed by atoms with van der Waals surface area (Å²) in [7, 11) is 1.42. The molecule has 0 spiro atoms. The van der Waals surface area contributed by atoms with Crippen molar-refractivity contribution in [1.82, 2.24) is 0 Å². The Bertz CT molecular complexity index is 490. The Balaban J connectivity index is 2.11. The lowest BCUT2D eigenvalue weighted by Gasteiger charge is -2.45. The van der Waals surface area contributed by atoms with Gasteiger partial charge in [-0.2, -0.15) is 0 Å². The van der Waals surface area contributed by atoms with Crippen LogP contribution in [-0.2, 0) is 9.53 Å². The molecule has 2 fully saturated rings. The van der Waals surface area contributed by atoms with E-state index in [1.807, 2.05) is 6.92 Å². The molecule has 5 atom stereocenters. The van der Waals surface area contributed by atoms with Gasteiger partial charge in [-0.3, -0.25) is 0 Å². The maximum atomic E-state index is 12.0. The van der Waals surface area contributed by atoms with Crippen LogP contribution in [0.1, 0.15) is 47.0 Å². The second kappa shape index (κ2) is 4.09. The average Bonchev–Trinajstić information content (AvgIpc) is 2.71. The van der Waals surface area contributed by atoms with Crippen LogP contribution < -0.4 is 0 Å². The maximum absolute atomic E-state index is 12.0. The third kappa shape index (κ3) is 1.47. The van der Waals surface area contributed by atoms with Crippen LogP contribution in [0.5, 0.6) is 0 Å². The lowest BCUT2D eigenvalue weighted by Crippen LogP contribution is -2.46. The topological polar surface area (TPSA) is 46.5 Å². The van der Waals surface area contributed by atoms with E-state index in [1.165, 1.54) is 20.0 Å². The zero-order chi connectivity index (χ0) is 14.9. The number of carbonyl (C=O) groups is 1. The van der Waals surface area contributed by atoms with E-state index in [-0.39, 0.29) is 23.2 Å². The molecule has 2 saturated carbocycles. The second-order valence-electron chi connectivity index (χ2n) is 7.76. The number of methoxy groups -OCH3 is 1. The van der Waals surface area contributed by atoms with Crippen molar-refractivity contribution in [2.75, 3.05) is 7.11 Å². The first kappa shape index (κ1) is 14.1. The van der Waals surface area contributed by atoms with Crippen LogP contribution in [-0.4, -0.2) is 23.8 Å². The number of ether oxygens (including phenoxy) is 1. The van der Waals surface area contributed by atoms with Gasteiger partial charge in [-0.1, -0.05) is 20.8 Å². The van der Waals surface area contributed by atoms with Gasteiger partial charge in [0.25, 0.3) is 0 Å². The third-order valence-electron chi connectivity index (χ3n) is 6.63. The fourth-order valence-electron chi connectivity index (χ4n) is 5.83. The summed E-state index contributed by atoms with van der Waals surface area (Å²) in [6, 6.07) is 0. The lowest BCUT2D eigenvalue weighted by molar-refractivity contribution is -0.136. The molecule has 20 heavy (non-hydrogen) atoms. The molecule has 0 aromatic rings. The van der Waals surface area contributed by atoms with Gasteiger partial charge in [0, 0.05) is 5.57 Å². The fourth-order valence-corrected chi connectivity index (χ4v) is 5.83. The van der Waals surface area contributed by atoms with Gasteiger partial charge in [0.15, 0.2) is 0 Å². The molecule has 3 heteroatoms. The normalized spacial score (nSPS) is 45.5. The van der Waals surface area contributed by atoms with Gasteiger partial charge in [-0.25, -0.2) is 4.79 Å². The molecule has 0 radical (unpaired) electrons. The first-order valence-electron chi connectivity index (χ1n) is 7.76. The quantitative estimate of drug-likeness (QED) is 0.750. The Morgan fingerprint density at radius 3 is 2.65 bits per heavy atom. The van der Waals surface area contributed by atoms with Crippen molar-refractivity contribution in [3.8, 4) is 0 Å². The van der Waals surface area contributed by atoms with Crippen LogP contribution in [0.4, 0.5) is 0 Å². The predicted octanol–water partition coefficient (Wildman–Crippen LogP) is 2.93. The van der Waals surface area contributed by atoms with Crippen LogP contribution in [0.15, 0.2) is 11.1 Å². The van der Waals surface area contributed by atoms with E-state index >= 15 is 0 Å². The highest BCUT2D eigenvalue weighted by atomic mass is 16.5. The minimum atomic E-state index is -0.798. The monoisotopic (exact) mass is 278 g/mol. The standard InChI is InChI=1S/C17H26O3/c1-9-11-6-7-16(3,4)14(9)17(19)10(2)12(8-13(11)17)15(18)20-5/h9,11,13-14,19H,6-8H2,1-5H3/t9?,11-,13+,14-,17-/m0/s1. The average molecular weight is 278 g/mol. The van der Waals surface area contributed by atoms with E-state index in [1.54, 1.807) is 0 Å². The zero-order valence-electron chi connectivity index (χ0n) is 13.2. The van der Waals surface area contributed by atoms with Gasteiger partial charge >= 0.3 is 5.97 Å². The van der Waals surface area contributed by atoms with Crippen molar-refractivity contribution in [2.45, 2.75) is 52.6 Å². The summed E-state index contributed by atoms with van der Waals surface area (Å²) < 4.78 is 4.91. The van der Waals surface area contributed by atoms with Crippen LogP contribution in [0.25, 0.3) is 0 Å². The first-order chi connectivity index (χ1) is 9.25. The van der Waals surface area contributed by atoms with E-state index < -0.39 is 5.60 Å². The van der Waals surface area contributed by atoms with Crippen molar-refractivity contribution < 1.29 is 14.6 Å². The first-order valence-corrected chi connectivity index (χ1v) is 7.76. The Kier molecular flexibility index (Phi) is 2.89. The maximum Gasteiger partial charge on any atom is 0.333 e. The molecular formula is C17H26O3. The summed E-state index contributed by atoms with van der Waals surface area (Å²) in [4.78, 5) is 12.0. The highest BCUT2D eigenvalue weighted by Crippen LogP contribution is 2.67. The van der Waals surface area contributed by atoms with E-state index in [0.717, 1.165) is 11.1 Å². The minimum Gasteiger partial charge on any atom is -0.466 e. The summed E-state index contributed by atoms with van der Waals surface area (Å²) in [6.45, 7) is 8.77. The molecule has 1 unspecified atom stereocenters. The van der Waals surface area contributed by atoms with Crippen LogP contribution in [0.2, 0.25) is 0 Å². The fraction of sp³-hybridized carbons (Fsp3) is 0.824. The molecule has 3 rings (SSSR count). The Morgan fingerprint density at radius 1 is 1.40 bits per heavy atom. The molecular weight excluding hydrogens is 252 g/mol. The summed E-state index contributed by atoms with van der Waals surface area (Å²) >= 11 is 0. The Hall–Kier alpha value is -0.830. The second-order valence-corrected chi connectivity index (χ2v) is 7.76. The van der Waals surface area contributed by atoms with Gasteiger partial charge in [0.05, 0.1) is 12.7 Å². The van der Waals surface area contributed by atoms with E-state index in [4.69, 9.17) is 4.74 Å². The minimum absolute atomic E-state index is 0.131. The molecule has 3 aliphatic carbocycles. The smallest absolute Gasteiger partial charge is 0.333 e. The third-order valence-corrected chi connectivity index (χ3v) is 6.63. The van der Waals surface area contributed by atoms with Crippen molar-refractivity contribution >= 4 is 5.97 Å². The number of hydrogen-bond acceptors (Lipinski definition) is 3. The van der Waals surface area contributed by atoms with Crippen molar-refractivity contribution in [1.29, 1.82) is 0 Å². The molecule has 2 bridgehead atoms. The Morgan fingerprint density at radius 2 is 2.05 bits per heavy atom. The molecule has 112 valence electrons. The van der Waals surface area contributed by atoms with Gasteiger partial charge < -0.3 is 9.84 Å². The number of carbonyl (C=O) groups excluding carboxylic acids is 1. The summed E-state index contributed by atoms with van der Waals surface area (Å²) in [6.07, 6.45) is 3.03. The summed E-state index contributed by atoms with van der Waals surface area (Å²) in [5, 5.41) is 11.5. The molecule has 0 saturated heterocycles. The van der Waals surface area contributed by atoms with Gasteiger partial charge in [-0.05, 0) is 60.8 Å². The highest BCUT2D eigenvalue weighted by Gasteiger charge is 2.67. The van der Waals surface area contributed by atoms with Crippen molar-refractivity contribution in [2.24, 2.45) is 29.1 Å². The summed E-state index contributed by atoms with van der Waals surface area (Å²) in [5.41, 5.74) is 0.933. The number of fused-ring (bicyclic) bond motifs is 5. The van der Waals surface area contributed by atoms with E-state index in [0.29, 0.717) is 18.3 Å². The van der Waals surface area contributed by atoms with Gasteiger partial charge in [0.1, 0.15) is 0 Å². The van der Waals surface area contributed by atoms with Crippen LogP contribution in [0.3, 0.4) is 0 Å². The van der Waals surface area contributed by atoms with E-state index in [2.05, 4.69) is 20.8 Å². The molecule has 1 N–H and O–H groups in total. The molecule has 0 aromatic heterocycles. The number of esters is 1. The number of rotatable bonds is 1. The highest BCUT2D eigenvalue weighted by molar-refractivity contribution is 5.90. The molecule has 0 aliphatic heterocycles. The van der Waals surface area contributed by atoms with Gasteiger partial charge in [0.2, 0.25) is 0 Å². The largest absolute Gasteiger partial charge is 0.466 e. The lowest BCUT2D eigenvalue weighted by atomic mass is 9.61. The number of hydrogen-bond donors (Lipinski definition) is 1. The SMILES string of the molecule is COC(=O)C1=C(C)[C@]2(O)[C@H](C1)[C@H]1CCC(C)(C)[C@@H]2C1C. The van der Waals surface area contributed by atoms with Crippen LogP contribution >= 0.6 is 0 Å². The molecule has 0 aromatic carbocycles. The van der Waals surface area contributed by atoms with Crippen molar-refractivity contribution in [3.63, 3.8) is 0 Å². The summed E-state index contributed by atoms with van der Waals surface area (Å²) in [5.74, 6) is 1.27. The molecule has 0 heterocycles. The predicted molar refractivity (Wildman–Crippen MR) is 76.9 cm³/mol. The molecule has 3 nitrogen and oxygen atoms in total.